The van der Waals surface area contributed by atoms with E-state index in [1.54, 1.807) is 19.4 Å². The van der Waals surface area contributed by atoms with Gasteiger partial charge >= 0.3 is 0 Å². The van der Waals surface area contributed by atoms with Gasteiger partial charge in [-0.2, -0.15) is 0 Å². The summed E-state index contributed by atoms with van der Waals surface area (Å²) in [6, 6.07) is -0.159. The van der Waals surface area contributed by atoms with Crippen LogP contribution in [0.15, 0.2) is 18.7 Å². The predicted octanol–water partition coefficient (Wildman–Crippen LogP) is 0.189. The van der Waals surface area contributed by atoms with E-state index in [1.165, 1.54) is 0 Å². The highest BCUT2D eigenvalue weighted by Gasteiger charge is 2.22. The van der Waals surface area contributed by atoms with Crippen LogP contribution in [0.1, 0.15) is 20.8 Å². The highest BCUT2D eigenvalue weighted by atomic mass is 32.2. The Labute approximate surface area is 109 Å². The van der Waals surface area contributed by atoms with Gasteiger partial charge < -0.3 is 9.88 Å². The van der Waals surface area contributed by atoms with Crippen molar-refractivity contribution >= 4 is 10.0 Å². The molecule has 2 N–H and O–H groups in total. The van der Waals surface area contributed by atoms with Gasteiger partial charge in [0, 0.05) is 31.5 Å². The predicted molar refractivity (Wildman–Crippen MR) is 71.8 cm³/mol. The van der Waals surface area contributed by atoms with Gasteiger partial charge in [-0.15, -0.1) is 0 Å². The summed E-state index contributed by atoms with van der Waals surface area (Å²) in [6.45, 7) is 7.31. The summed E-state index contributed by atoms with van der Waals surface area (Å²) in [6.07, 6.45) is 5.16. The lowest BCUT2D eigenvalue weighted by Gasteiger charge is -2.19. The maximum Gasteiger partial charge on any atom is 0.215 e. The second-order valence-electron chi connectivity index (χ2n) is 4.44. The summed E-state index contributed by atoms with van der Waals surface area (Å²) in [5.74, 6) is 0. The molecule has 0 fully saturated rings. The first kappa shape index (κ1) is 15.1. The van der Waals surface area contributed by atoms with Crippen molar-refractivity contribution in [2.75, 3.05) is 13.1 Å². The van der Waals surface area contributed by atoms with E-state index >= 15 is 0 Å². The largest absolute Gasteiger partial charge is 0.336 e. The number of hydrogen-bond donors (Lipinski definition) is 2. The smallest absolute Gasteiger partial charge is 0.215 e. The molecule has 1 rings (SSSR count). The van der Waals surface area contributed by atoms with E-state index in [-0.39, 0.29) is 6.04 Å². The minimum absolute atomic E-state index is 0.159. The lowest BCUT2D eigenvalue weighted by atomic mass is 10.4. The van der Waals surface area contributed by atoms with Crippen molar-refractivity contribution in [1.29, 1.82) is 0 Å². The van der Waals surface area contributed by atoms with E-state index < -0.39 is 15.3 Å². The lowest BCUT2D eigenvalue weighted by molar-refractivity contribution is 0.510. The van der Waals surface area contributed by atoms with Gasteiger partial charge in [0.1, 0.15) is 0 Å². The van der Waals surface area contributed by atoms with E-state index in [0.717, 1.165) is 6.54 Å². The minimum atomic E-state index is -3.28. The molecule has 1 aromatic heterocycles. The summed E-state index contributed by atoms with van der Waals surface area (Å²) in [5.41, 5.74) is 0. The average Bonchev–Trinajstić information content (AvgIpc) is 2.77. The SMILES string of the molecule is CCNCC(C)S(=O)(=O)NC(C)Cn1ccnc1. The molecule has 0 aliphatic heterocycles. The third-order valence-electron chi connectivity index (χ3n) is 2.62. The molecule has 1 aromatic rings. The Kier molecular flexibility index (Phi) is 5.77. The van der Waals surface area contributed by atoms with Gasteiger partial charge in [0.15, 0.2) is 0 Å². The van der Waals surface area contributed by atoms with Crippen LogP contribution in [0.5, 0.6) is 0 Å². The molecular formula is C11H22N4O2S. The van der Waals surface area contributed by atoms with E-state index in [9.17, 15) is 8.42 Å². The number of aromatic nitrogens is 2. The van der Waals surface area contributed by atoms with Gasteiger partial charge in [-0.1, -0.05) is 6.92 Å². The number of sulfonamides is 1. The molecule has 0 radical (unpaired) electrons. The van der Waals surface area contributed by atoms with Gasteiger partial charge in [-0.05, 0) is 20.4 Å². The van der Waals surface area contributed by atoms with Crippen LogP contribution in [0.4, 0.5) is 0 Å². The zero-order valence-corrected chi connectivity index (χ0v) is 11.9. The van der Waals surface area contributed by atoms with Gasteiger partial charge in [-0.3, -0.25) is 0 Å². The van der Waals surface area contributed by atoms with Crippen molar-refractivity contribution in [3.8, 4) is 0 Å². The average molecular weight is 274 g/mol. The summed E-state index contributed by atoms with van der Waals surface area (Å²) in [7, 11) is -3.28. The molecule has 0 bridgehead atoms. The van der Waals surface area contributed by atoms with Crippen molar-refractivity contribution in [2.45, 2.75) is 38.6 Å². The molecule has 1 heterocycles. The Morgan fingerprint density at radius 2 is 2.11 bits per heavy atom. The minimum Gasteiger partial charge on any atom is -0.336 e. The van der Waals surface area contributed by atoms with Crippen LogP contribution in [0.25, 0.3) is 0 Å². The second kappa shape index (κ2) is 6.86. The van der Waals surface area contributed by atoms with Crippen LogP contribution in [0, 0.1) is 0 Å². The first-order chi connectivity index (χ1) is 8.45. The molecule has 104 valence electrons. The summed E-state index contributed by atoms with van der Waals surface area (Å²) in [5, 5.41) is 2.60. The van der Waals surface area contributed by atoms with Crippen LogP contribution in [0.3, 0.4) is 0 Å². The van der Waals surface area contributed by atoms with Gasteiger partial charge in [0.05, 0.1) is 11.6 Å². The van der Waals surface area contributed by atoms with Crippen molar-refractivity contribution in [3.05, 3.63) is 18.7 Å². The van der Waals surface area contributed by atoms with Crippen LogP contribution in [-0.4, -0.2) is 42.4 Å². The maximum absolute atomic E-state index is 12.0. The first-order valence-electron chi connectivity index (χ1n) is 6.13. The number of nitrogens with zero attached hydrogens (tertiary/aromatic N) is 2. The van der Waals surface area contributed by atoms with Gasteiger partial charge in [0.25, 0.3) is 0 Å². The van der Waals surface area contributed by atoms with Crippen LogP contribution in [0.2, 0.25) is 0 Å². The molecular weight excluding hydrogens is 252 g/mol. The molecule has 0 aliphatic carbocycles. The molecule has 0 aromatic carbocycles. The monoisotopic (exact) mass is 274 g/mol. The van der Waals surface area contributed by atoms with Crippen molar-refractivity contribution in [1.82, 2.24) is 19.6 Å². The van der Waals surface area contributed by atoms with Crippen molar-refractivity contribution < 1.29 is 8.42 Å². The Hall–Kier alpha value is -0.920. The van der Waals surface area contributed by atoms with Crippen LogP contribution in [-0.2, 0) is 16.6 Å². The number of nitrogens with one attached hydrogen (secondary N) is 2. The van der Waals surface area contributed by atoms with E-state index in [0.29, 0.717) is 13.1 Å². The molecule has 2 unspecified atom stereocenters. The highest BCUT2D eigenvalue weighted by molar-refractivity contribution is 7.90. The first-order valence-corrected chi connectivity index (χ1v) is 7.68. The van der Waals surface area contributed by atoms with Gasteiger partial charge in [-0.25, -0.2) is 18.1 Å². The molecule has 2 atom stereocenters. The van der Waals surface area contributed by atoms with Crippen molar-refractivity contribution in [3.63, 3.8) is 0 Å². The third-order valence-corrected chi connectivity index (χ3v) is 4.58. The Bertz CT molecular complexity index is 430. The molecule has 0 saturated heterocycles. The standard InChI is InChI=1S/C11H22N4O2S/c1-4-12-7-11(3)18(16,17)14-10(2)8-15-6-5-13-9-15/h5-6,9-12,14H,4,7-8H2,1-3H3. The summed E-state index contributed by atoms with van der Waals surface area (Å²) < 4.78 is 28.5. The third kappa shape index (κ3) is 4.75. The topological polar surface area (TPSA) is 76.0 Å². The Morgan fingerprint density at radius 3 is 2.67 bits per heavy atom. The summed E-state index contributed by atoms with van der Waals surface area (Å²) in [4.78, 5) is 3.92. The molecule has 0 amide bonds. The normalized spacial score (nSPS) is 15.5. The van der Waals surface area contributed by atoms with Crippen LogP contribution < -0.4 is 10.0 Å². The molecule has 6 nitrogen and oxygen atoms in total. The summed E-state index contributed by atoms with van der Waals surface area (Å²) >= 11 is 0. The Balaban J connectivity index is 2.49. The zero-order chi connectivity index (χ0) is 13.6. The van der Waals surface area contributed by atoms with Crippen LogP contribution >= 0.6 is 0 Å². The van der Waals surface area contributed by atoms with E-state index in [1.807, 2.05) is 24.6 Å². The number of hydrogen-bond acceptors (Lipinski definition) is 4. The fraction of sp³-hybridized carbons (Fsp3) is 0.727. The van der Waals surface area contributed by atoms with Crippen molar-refractivity contribution in [2.24, 2.45) is 0 Å². The Morgan fingerprint density at radius 1 is 1.39 bits per heavy atom. The molecule has 0 spiro atoms. The molecule has 0 aliphatic rings. The van der Waals surface area contributed by atoms with E-state index in [2.05, 4.69) is 15.0 Å². The number of imidazole rings is 1. The fourth-order valence-electron chi connectivity index (χ4n) is 1.60. The van der Waals surface area contributed by atoms with Gasteiger partial charge in [0.2, 0.25) is 10.0 Å². The number of rotatable bonds is 8. The maximum atomic E-state index is 12.0. The molecule has 0 saturated carbocycles. The fourth-order valence-corrected chi connectivity index (χ4v) is 2.81. The molecule has 18 heavy (non-hydrogen) atoms. The second-order valence-corrected chi connectivity index (χ2v) is 6.57. The quantitative estimate of drug-likeness (QED) is 0.709. The molecule has 7 heteroatoms. The van der Waals surface area contributed by atoms with E-state index in [4.69, 9.17) is 0 Å². The zero-order valence-electron chi connectivity index (χ0n) is 11.1. The highest BCUT2D eigenvalue weighted by Crippen LogP contribution is 2.01. The lowest BCUT2D eigenvalue weighted by Crippen LogP contribution is -2.43.